The highest BCUT2D eigenvalue weighted by Crippen LogP contribution is 2.32. The van der Waals surface area contributed by atoms with Gasteiger partial charge in [0, 0.05) is 25.6 Å². The predicted octanol–water partition coefficient (Wildman–Crippen LogP) is 3.33. The average Bonchev–Trinajstić information content (AvgIpc) is 3.37. The van der Waals surface area contributed by atoms with Gasteiger partial charge in [-0.2, -0.15) is 0 Å². The second kappa shape index (κ2) is 10.4. The van der Waals surface area contributed by atoms with Gasteiger partial charge in [-0.15, -0.1) is 16.8 Å². The van der Waals surface area contributed by atoms with Gasteiger partial charge in [0.2, 0.25) is 5.91 Å². The Morgan fingerprint density at radius 3 is 2.58 bits per heavy atom. The third-order valence-corrected chi connectivity index (χ3v) is 9.41. The topological polar surface area (TPSA) is 85.2 Å². The molecule has 9 heteroatoms. The lowest BCUT2D eigenvalue weighted by Gasteiger charge is -2.33. The highest BCUT2D eigenvalue weighted by molar-refractivity contribution is 8.00. The van der Waals surface area contributed by atoms with Crippen LogP contribution in [0.25, 0.3) is 0 Å². The van der Waals surface area contributed by atoms with E-state index in [0.29, 0.717) is 29.9 Å². The summed E-state index contributed by atoms with van der Waals surface area (Å²) in [7, 11) is -3.02. The summed E-state index contributed by atoms with van der Waals surface area (Å²) in [6.45, 7) is 7.79. The van der Waals surface area contributed by atoms with Gasteiger partial charge in [-0.3, -0.25) is 4.79 Å². The first kappa shape index (κ1) is 24.0. The summed E-state index contributed by atoms with van der Waals surface area (Å²) in [6.07, 6.45) is 5.42. The summed E-state index contributed by atoms with van der Waals surface area (Å²) >= 11 is 1.40. The number of amides is 1. The minimum atomic E-state index is -3.02. The Hall–Kier alpha value is -2.13. The highest BCUT2D eigenvalue weighted by Gasteiger charge is 2.34. The molecule has 0 radical (unpaired) electrons. The molecule has 33 heavy (non-hydrogen) atoms. The maximum absolute atomic E-state index is 13.1. The molecule has 1 amide bonds. The Morgan fingerprint density at radius 2 is 1.94 bits per heavy atom. The van der Waals surface area contributed by atoms with Crippen molar-refractivity contribution in [3.05, 3.63) is 54.4 Å². The third kappa shape index (κ3) is 5.87. The molecule has 2 atom stereocenters. The molecular weight excluding hydrogens is 456 g/mol. The lowest BCUT2D eigenvalue weighted by molar-refractivity contribution is -0.131. The SMILES string of the molecule is C=CCn1c(SC(C)C(=O)N2CCC(Cc3ccccc3)CC2)nnc1C1CCS(=O)(=O)C1. The fourth-order valence-electron chi connectivity index (χ4n) is 4.76. The van der Waals surface area contributed by atoms with E-state index in [0.717, 1.165) is 32.4 Å². The number of benzene rings is 1. The molecule has 2 unspecified atom stereocenters. The zero-order valence-electron chi connectivity index (χ0n) is 19.1. The molecule has 2 saturated heterocycles. The summed E-state index contributed by atoms with van der Waals surface area (Å²) < 4.78 is 25.8. The van der Waals surface area contributed by atoms with Crippen LogP contribution in [-0.4, -0.2) is 63.8 Å². The van der Waals surface area contributed by atoms with Crippen LogP contribution in [0.1, 0.15) is 43.5 Å². The number of carbonyl (C=O) groups excluding carboxylic acids is 1. The van der Waals surface area contributed by atoms with Crippen molar-refractivity contribution < 1.29 is 13.2 Å². The second-order valence-electron chi connectivity index (χ2n) is 9.06. The molecule has 0 N–H and O–H groups in total. The molecule has 3 heterocycles. The van der Waals surface area contributed by atoms with Gasteiger partial charge in [0.15, 0.2) is 15.0 Å². The number of rotatable bonds is 8. The zero-order valence-corrected chi connectivity index (χ0v) is 20.7. The van der Waals surface area contributed by atoms with Crippen LogP contribution >= 0.6 is 11.8 Å². The summed E-state index contributed by atoms with van der Waals surface area (Å²) in [6, 6.07) is 10.5. The molecular formula is C24H32N4O3S2. The number of allylic oxidation sites excluding steroid dienone is 1. The maximum atomic E-state index is 13.1. The summed E-state index contributed by atoms with van der Waals surface area (Å²) in [5.41, 5.74) is 1.36. The van der Waals surface area contributed by atoms with Crippen LogP contribution in [0.15, 0.2) is 48.1 Å². The first-order valence-corrected chi connectivity index (χ1v) is 14.3. The largest absolute Gasteiger partial charge is 0.342 e. The predicted molar refractivity (Wildman–Crippen MR) is 131 cm³/mol. The third-order valence-electron chi connectivity index (χ3n) is 6.58. The molecule has 2 aromatic rings. The van der Waals surface area contributed by atoms with E-state index < -0.39 is 9.84 Å². The van der Waals surface area contributed by atoms with E-state index in [9.17, 15) is 13.2 Å². The van der Waals surface area contributed by atoms with Crippen molar-refractivity contribution in [3.8, 4) is 0 Å². The van der Waals surface area contributed by atoms with E-state index in [4.69, 9.17) is 0 Å². The lowest BCUT2D eigenvalue weighted by atomic mass is 9.90. The van der Waals surface area contributed by atoms with Gasteiger partial charge in [-0.25, -0.2) is 8.42 Å². The zero-order chi connectivity index (χ0) is 23.4. The summed E-state index contributed by atoms with van der Waals surface area (Å²) in [5, 5.41) is 8.99. The molecule has 2 fully saturated rings. The quantitative estimate of drug-likeness (QED) is 0.419. The number of carbonyl (C=O) groups is 1. The number of piperidine rings is 1. The molecule has 2 aliphatic heterocycles. The number of nitrogens with zero attached hydrogens (tertiary/aromatic N) is 4. The van der Waals surface area contributed by atoms with Gasteiger partial charge in [-0.1, -0.05) is 48.2 Å². The number of likely N-dealkylation sites (tertiary alicyclic amines) is 1. The van der Waals surface area contributed by atoms with Crippen LogP contribution in [0.4, 0.5) is 0 Å². The molecule has 1 aromatic carbocycles. The minimum Gasteiger partial charge on any atom is -0.342 e. The number of hydrogen-bond donors (Lipinski definition) is 0. The van der Waals surface area contributed by atoms with Gasteiger partial charge in [0.05, 0.1) is 16.8 Å². The van der Waals surface area contributed by atoms with Gasteiger partial charge >= 0.3 is 0 Å². The molecule has 1 aromatic heterocycles. The van der Waals surface area contributed by atoms with E-state index in [1.807, 2.05) is 22.5 Å². The van der Waals surface area contributed by atoms with Crippen LogP contribution in [0.2, 0.25) is 0 Å². The van der Waals surface area contributed by atoms with Gasteiger partial charge in [-0.05, 0) is 44.1 Å². The number of aromatic nitrogens is 3. The summed E-state index contributed by atoms with van der Waals surface area (Å²) in [5.74, 6) is 1.57. The molecule has 178 valence electrons. The fraction of sp³-hybridized carbons (Fsp3) is 0.542. The van der Waals surface area contributed by atoms with E-state index in [1.165, 1.54) is 17.3 Å². The van der Waals surface area contributed by atoms with Gasteiger partial charge in [0.25, 0.3) is 0 Å². The standard InChI is InChI=1S/C24H32N4O3S2/c1-3-12-28-22(21-11-15-33(30,31)17-21)25-26-24(28)32-18(2)23(29)27-13-9-20(10-14-27)16-19-7-5-4-6-8-19/h3-8,18,20-21H,1,9-17H2,2H3. The van der Waals surface area contributed by atoms with Crippen molar-refractivity contribution in [1.82, 2.24) is 19.7 Å². The monoisotopic (exact) mass is 488 g/mol. The molecule has 7 nitrogen and oxygen atoms in total. The Labute approximate surface area is 200 Å². The lowest BCUT2D eigenvalue weighted by Crippen LogP contribution is -2.42. The minimum absolute atomic E-state index is 0.110. The Kier molecular flexibility index (Phi) is 7.58. The number of sulfone groups is 1. The van der Waals surface area contributed by atoms with Crippen LogP contribution in [-0.2, 0) is 27.6 Å². The molecule has 2 aliphatic rings. The van der Waals surface area contributed by atoms with Crippen LogP contribution in [0, 0.1) is 5.92 Å². The van der Waals surface area contributed by atoms with Crippen molar-refractivity contribution in [3.63, 3.8) is 0 Å². The van der Waals surface area contributed by atoms with Crippen molar-refractivity contribution in [2.45, 2.75) is 55.5 Å². The number of hydrogen-bond acceptors (Lipinski definition) is 6. The molecule has 0 aliphatic carbocycles. The van der Waals surface area contributed by atoms with Crippen molar-refractivity contribution in [1.29, 1.82) is 0 Å². The average molecular weight is 489 g/mol. The van der Waals surface area contributed by atoms with E-state index in [2.05, 4.69) is 41.0 Å². The van der Waals surface area contributed by atoms with Crippen LogP contribution in [0.3, 0.4) is 0 Å². The first-order chi connectivity index (χ1) is 15.9. The van der Waals surface area contributed by atoms with E-state index in [1.54, 1.807) is 6.08 Å². The Morgan fingerprint density at radius 1 is 1.21 bits per heavy atom. The number of thioether (sulfide) groups is 1. The van der Waals surface area contributed by atoms with Gasteiger partial charge in [0.1, 0.15) is 5.82 Å². The molecule has 4 rings (SSSR count). The first-order valence-electron chi connectivity index (χ1n) is 11.6. The van der Waals surface area contributed by atoms with Crippen LogP contribution < -0.4 is 0 Å². The smallest absolute Gasteiger partial charge is 0.235 e. The highest BCUT2D eigenvalue weighted by atomic mass is 32.2. The van der Waals surface area contributed by atoms with Crippen molar-refractivity contribution in [2.24, 2.45) is 5.92 Å². The summed E-state index contributed by atoms with van der Waals surface area (Å²) in [4.78, 5) is 15.1. The molecule has 0 spiro atoms. The maximum Gasteiger partial charge on any atom is 0.235 e. The van der Waals surface area contributed by atoms with E-state index >= 15 is 0 Å². The Bertz CT molecular complexity index is 1080. The molecule has 0 saturated carbocycles. The Balaban J connectivity index is 1.35. The van der Waals surface area contributed by atoms with E-state index in [-0.39, 0.29) is 28.6 Å². The van der Waals surface area contributed by atoms with Gasteiger partial charge < -0.3 is 9.47 Å². The second-order valence-corrected chi connectivity index (χ2v) is 12.6. The fourth-order valence-corrected chi connectivity index (χ4v) is 7.45. The van der Waals surface area contributed by atoms with Crippen molar-refractivity contribution >= 4 is 27.5 Å². The van der Waals surface area contributed by atoms with Crippen molar-refractivity contribution in [2.75, 3.05) is 24.6 Å². The normalized spacial score (nSPS) is 21.7. The molecule has 0 bridgehead atoms. The van der Waals surface area contributed by atoms with Crippen LogP contribution in [0.5, 0.6) is 0 Å².